The van der Waals surface area contributed by atoms with E-state index in [9.17, 15) is 18.0 Å². The summed E-state index contributed by atoms with van der Waals surface area (Å²) in [5.74, 6) is 1.53. The van der Waals surface area contributed by atoms with Crippen LogP contribution in [-0.4, -0.2) is 48.8 Å². The Morgan fingerprint density at radius 3 is 2.39 bits per heavy atom. The standard InChI is InChI=1S/C26H24F3N3O5S/c1-34-20-11-17(12-21(35-2)23(20)36-3)14-30-31-25-32(15-19-8-5-9-37-19)24(33)22(38-25)13-16-6-4-7-18(10-16)26(27,28)29/h4-12,14,22H,13,15H2,1-3H3/b30-14+,31-25+. The van der Waals surface area contributed by atoms with Crippen LogP contribution in [0, 0.1) is 0 Å². The van der Waals surface area contributed by atoms with E-state index in [1.807, 2.05) is 0 Å². The Labute approximate surface area is 221 Å². The molecule has 3 aromatic rings. The maximum absolute atomic E-state index is 13.3. The van der Waals surface area contributed by atoms with Gasteiger partial charge < -0.3 is 18.6 Å². The number of nitrogens with zero attached hydrogens (tertiary/aromatic N) is 3. The van der Waals surface area contributed by atoms with Crippen LogP contribution in [0.5, 0.6) is 17.2 Å². The fourth-order valence-electron chi connectivity index (χ4n) is 3.83. The minimum atomic E-state index is -4.47. The number of hydrogen-bond acceptors (Lipinski definition) is 8. The molecule has 0 N–H and O–H groups in total. The lowest BCUT2D eigenvalue weighted by Gasteiger charge is -2.14. The fraction of sp³-hybridized carbons (Fsp3) is 0.269. The molecule has 1 aromatic heterocycles. The number of carbonyl (C=O) groups excluding carboxylic acids is 1. The Hall–Kier alpha value is -3.93. The Balaban J connectivity index is 1.60. The number of amidine groups is 1. The molecular formula is C26H24F3N3O5S. The lowest BCUT2D eigenvalue weighted by molar-refractivity contribution is -0.137. The predicted octanol–water partition coefficient (Wildman–Crippen LogP) is 5.40. The van der Waals surface area contributed by atoms with Crippen molar-refractivity contribution >= 4 is 29.1 Å². The second-order valence-corrected chi connectivity index (χ2v) is 9.27. The van der Waals surface area contributed by atoms with Crippen molar-refractivity contribution in [2.24, 2.45) is 10.2 Å². The molecule has 1 aliphatic rings. The molecule has 2 aromatic carbocycles. The van der Waals surface area contributed by atoms with E-state index >= 15 is 0 Å². The Kier molecular flexibility index (Phi) is 8.30. The maximum Gasteiger partial charge on any atom is 0.416 e. The van der Waals surface area contributed by atoms with Crippen molar-refractivity contribution < 1.29 is 36.6 Å². The van der Waals surface area contributed by atoms with Gasteiger partial charge in [-0.05, 0) is 42.3 Å². The summed E-state index contributed by atoms with van der Waals surface area (Å²) in [5.41, 5.74) is 0.240. The van der Waals surface area contributed by atoms with Gasteiger partial charge in [-0.25, -0.2) is 0 Å². The first-order valence-electron chi connectivity index (χ1n) is 11.3. The average Bonchev–Trinajstić information content (AvgIpc) is 3.52. The third-order valence-corrected chi connectivity index (χ3v) is 6.79. The summed E-state index contributed by atoms with van der Waals surface area (Å²) in [7, 11) is 4.49. The smallest absolute Gasteiger partial charge is 0.416 e. The quantitative estimate of drug-likeness (QED) is 0.263. The highest BCUT2D eigenvalue weighted by molar-refractivity contribution is 8.15. The zero-order valence-corrected chi connectivity index (χ0v) is 21.5. The molecule has 12 heteroatoms. The molecule has 1 fully saturated rings. The van der Waals surface area contributed by atoms with Crippen LogP contribution >= 0.6 is 11.8 Å². The van der Waals surface area contributed by atoms with E-state index in [0.29, 0.717) is 39.3 Å². The summed E-state index contributed by atoms with van der Waals surface area (Å²) >= 11 is 1.13. The van der Waals surface area contributed by atoms with Crippen molar-refractivity contribution in [2.45, 2.75) is 24.4 Å². The van der Waals surface area contributed by atoms with Gasteiger partial charge in [-0.2, -0.15) is 18.3 Å². The van der Waals surface area contributed by atoms with E-state index in [1.165, 1.54) is 44.8 Å². The Morgan fingerprint density at radius 2 is 1.79 bits per heavy atom. The van der Waals surface area contributed by atoms with Crippen LogP contribution in [-0.2, 0) is 23.9 Å². The highest BCUT2D eigenvalue weighted by atomic mass is 32.2. The molecule has 1 aliphatic heterocycles. The van der Waals surface area contributed by atoms with Gasteiger partial charge in [-0.3, -0.25) is 9.69 Å². The number of ether oxygens (including phenoxy) is 3. The number of amides is 1. The van der Waals surface area contributed by atoms with Crippen LogP contribution in [0.3, 0.4) is 0 Å². The zero-order valence-electron chi connectivity index (χ0n) is 20.7. The van der Waals surface area contributed by atoms with Crippen LogP contribution in [0.4, 0.5) is 13.2 Å². The molecule has 8 nitrogen and oxygen atoms in total. The molecule has 0 spiro atoms. The maximum atomic E-state index is 13.3. The molecule has 4 rings (SSSR count). The highest BCUT2D eigenvalue weighted by Gasteiger charge is 2.39. The monoisotopic (exact) mass is 547 g/mol. The molecule has 0 aliphatic carbocycles. The first-order chi connectivity index (χ1) is 18.2. The van der Waals surface area contributed by atoms with Gasteiger partial charge in [0.15, 0.2) is 16.7 Å². The Morgan fingerprint density at radius 1 is 1.05 bits per heavy atom. The molecule has 38 heavy (non-hydrogen) atoms. The summed E-state index contributed by atoms with van der Waals surface area (Å²) in [6.07, 6.45) is -1.42. The largest absolute Gasteiger partial charge is 0.493 e. The van der Waals surface area contributed by atoms with Crippen LogP contribution in [0.2, 0.25) is 0 Å². The van der Waals surface area contributed by atoms with E-state index in [-0.39, 0.29) is 18.9 Å². The predicted molar refractivity (Wildman–Crippen MR) is 137 cm³/mol. The van der Waals surface area contributed by atoms with Crippen LogP contribution in [0.1, 0.15) is 22.5 Å². The molecule has 1 saturated heterocycles. The lowest BCUT2D eigenvalue weighted by Crippen LogP contribution is -2.32. The first kappa shape index (κ1) is 27.1. The number of furan rings is 1. The summed E-state index contributed by atoms with van der Waals surface area (Å²) in [6.45, 7) is 0.108. The normalized spacial score (nSPS) is 17.0. The van der Waals surface area contributed by atoms with Crippen LogP contribution < -0.4 is 14.2 Å². The minimum Gasteiger partial charge on any atom is -0.493 e. The number of thioether (sulfide) groups is 1. The Bertz CT molecular complexity index is 1320. The van der Waals surface area contributed by atoms with Gasteiger partial charge in [0.2, 0.25) is 11.7 Å². The van der Waals surface area contributed by atoms with Crippen molar-refractivity contribution in [1.29, 1.82) is 0 Å². The third kappa shape index (κ3) is 6.13. The zero-order chi connectivity index (χ0) is 27.3. The average molecular weight is 548 g/mol. The van der Waals surface area contributed by atoms with E-state index in [4.69, 9.17) is 18.6 Å². The van der Waals surface area contributed by atoms with Gasteiger partial charge >= 0.3 is 6.18 Å². The molecule has 0 radical (unpaired) electrons. The molecule has 1 unspecified atom stereocenters. The fourth-order valence-corrected chi connectivity index (χ4v) is 4.96. The van der Waals surface area contributed by atoms with E-state index in [1.54, 1.807) is 30.3 Å². The molecular weight excluding hydrogens is 523 g/mol. The summed E-state index contributed by atoms with van der Waals surface area (Å²) in [6, 6.07) is 11.8. The van der Waals surface area contributed by atoms with Gasteiger partial charge in [0.05, 0.1) is 51.2 Å². The number of halogens is 3. The summed E-state index contributed by atoms with van der Waals surface area (Å²) in [5, 5.41) is 8.02. The SMILES string of the molecule is COc1cc(/C=N/N=C2/SC(Cc3cccc(C(F)(F)F)c3)C(=O)N2Cc2ccco2)cc(OC)c1OC. The van der Waals surface area contributed by atoms with Crippen molar-refractivity contribution in [3.63, 3.8) is 0 Å². The number of alkyl halides is 3. The molecule has 0 bridgehead atoms. The number of hydrogen-bond donors (Lipinski definition) is 0. The molecule has 1 amide bonds. The van der Waals surface area contributed by atoms with E-state index in [2.05, 4.69) is 10.2 Å². The summed E-state index contributed by atoms with van der Waals surface area (Å²) in [4.78, 5) is 14.7. The van der Waals surface area contributed by atoms with Crippen molar-refractivity contribution in [3.8, 4) is 17.2 Å². The second kappa shape index (κ2) is 11.6. The molecule has 0 saturated carbocycles. The van der Waals surface area contributed by atoms with Gasteiger partial charge in [0.25, 0.3) is 0 Å². The van der Waals surface area contributed by atoms with Gasteiger partial charge in [-0.15, -0.1) is 5.10 Å². The molecule has 2 heterocycles. The third-order valence-electron chi connectivity index (χ3n) is 5.63. The van der Waals surface area contributed by atoms with Crippen LogP contribution in [0.15, 0.2) is 69.4 Å². The first-order valence-corrected chi connectivity index (χ1v) is 12.2. The van der Waals surface area contributed by atoms with Crippen molar-refractivity contribution in [3.05, 3.63) is 77.2 Å². The van der Waals surface area contributed by atoms with Gasteiger partial charge in [0, 0.05) is 5.56 Å². The van der Waals surface area contributed by atoms with Crippen LogP contribution in [0.25, 0.3) is 0 Å². The molecule has 1 atom stereocenters. The number of carbonyl (C=O) groups is 1. The van der Waals surface area contributed by atoms with Crippen molar-refractivity contribution in [2.75, 3.05) is 21.3 Å². The highest BCUT2D eigenvalue weighted by Crippen LogP contribution is 2.38. The van der Waals surface area contributed by atoms with E-state index in [0.717, 1.165) is 23.9 Å². The number of methoxy groups -OCH3 is 3. The van der Waals surface area contributed by atoms with Crippen molar-refractivity contribution in [1.82, 2.24) is 4.90 Å². The topological polar surface area (TPSA) is 85.9 Å². The lowest BCUT2D eigenvalue weighted by atomic mass is 10.1. The van der Waals surface area contributed by atoms with Gasteiger partial charge in [-0.1, -0.05) is 30.0 Å². The minimum absolute atomic E-state index is 0.0949. The number of rotatable bonds is 9. The molecule has 200 valence electrons. The number of benzene rings is 2. The van der Waals surface area contributed by atoms with Gasteiger partial charge in [0.1, 0.15) is 5.76 Å². The second-order valence-electron chi connectivity index (χ2n) is 8.10. The van der Waals surface area contributed by atoms with E-state index < -0.39 is 17.0 Å². The summed E-state index contributed by atoms with van der Waals surface area (Å²) < 4.78 is 60.9.